The van der Waals surface area contributed by atoms with Crippen LogP contribution < -0.4 is 9.79 Å². The molecule has 0 aromatic heterocycles. The molecule has 0 amide bonds. The fourth-order valence-corrected chi connectivity index (χ4v) is 1.81. The van der Waals surface area contributed by atoms with Crippen LogP contribution in [0.1, 0.15) is 117 Å². The van der Waals surface area contributed by atoms with Crippen molar-refractivity contribution in [2.45, 2.75) is 117 Å². The molecule has 0 saturated carbocycles. The topological polar surface area (TPSA) is 46.1 Å². The molecular weight excluding hydrogens is 576 g/mol. The summed E-state index contributed by atoms with van der Waals surface area (Å²) in [7, 11) is 0. The second kappa shape index (κ2) is 48.3. The van der Waals surface area contributed by atoms with Gasteiger partial charge in [-0.3, -0.25) is 0 Å². The summed E-state index contributed by atoms with van der Waals surface area (Å²) in [4.78, 5) is 18.6. The average Bonchev–Trinajstić information content (AvgIpc) is 2.56. The zero-order valence-corrected chi connectivity index (χ0v) is 31.4. The third-order valence-corrected chi connectivity index (χ3v) is 3.31. The minimum absolute atomic E-state index is 0. The van der Waals surface area contributed by atoms with Crippen LogP contribution in [0.25, 0.3) is 0 Å². The van der Waals surface area contributed by atoms with Gasteiger partial charge < -0.3 is 48.5 Å². The number of unbranched alkanes of at least 4 members (excludes halogenated alkanes) is 12. The Labute approximate surface area is 233 Å². The summed E-state index contributed by atoms with van der Waals surface area (Å²) in [6.45, 7) is 17.9. The van der Waals surface area contributed by atoms with Crippen LogP contribution in [0.4, 0.5) is 0 Å². The van der Waals surface area contributed by atoms with Crippen molar-refractivity contribution in [2.75, 3.05) is 0 Å². The van der Waals surface area contributed by atoms with Crippen molar-refractivity contribution in [2.24, 2.45) is 0 Å². The van der Waals surface area contributed by atoms with Gasteiger partial charge in [-0.1, -0.05) is 97.8 Å². The predicted octanol–water partition coefficient (Wildman–Crippen LogP) is 6.84. The molecule has 0 aliphatic rings. The van der Waals surface area contributed by atoms with E-state index >= 15 is 0 Å². The summed E-state index contributed by atoms with van der Waals surface area (Å²) in [5.74, 6) is 0. The van der Waals surface area contributed by atoms with Gasteiger partial charge in [-0.15, -0.1) is 0 Å². The molecule has 0 aromatic carbocycles. The standard InChI is InChI=1S/3C7H15.H3O2PS2.3Zn/c3*1-3-5-7-6-4-2;1-3(2,4)5;;;/h3*1,3-7H2,2H3;(H3,1,2,4,5);;;/q3*-1;;3*+2/p-3. The maximum atomic E-state index is 9.29. The van der Waals surface area contributed by atoms with Crippen LogP contribution in [-0.4, -0.2) is 0 Å². The minimum atomic E-state index is -3.72. The van der Waals surface area contributed by atoms with Crippen molar-refractivity contribution in [1.82, 2.24) is 0 Å². The normalized spacial score (nSPS) is 8.86. The van der Waals surface area contributed by atoms with Gasteiger partial charge in [0.15, 0.2) is 0 Å². The Kier molecular flexibility index (Phi) is 81.6. The Hall–Kier alpha value is 2.79. The quantitative estimate of drug-likeness (QED) is 0.0788. The first-order valence-electron chi connectivity index (χ1n) is 10.4. The maximum absolute atomic E-state index is 9.29. The predicted molar refractivity (Wildman–Crippen MR) is 124 cm³/mol. The van der Waals surface area contributed by atoms with Gasteiger partial charge in [-0.05, 0) is 0 Å². The largest absolute Gasteiger partial charge is 2.00 e. The van der Waals surface area contributed by atoms with Gasteiger partial charge in [0.2, 0.25) is 0 Å². The Morgan fingerprint density at radius 1 is 0.586 bits per heavy atom. The molecule has 0 unspecified atom stereocenters. The van der Waals surface area contributed by atoms with Gasteiger partial charge in [0.05, 0.1) is 0 Å². The monoisotopic (exact) mass is 616 g/mol. The van der Waals surface area contributed by atoms with Crippen LogP contribution in [0, 0.1) is 20.8 Å². The molecule has 0 N–H and O–H groups in total. The van der Waals surface area contributed by atoms with E-state index in [4.69, 9.17) is 0 Å². The molecule has 0 saturated heterocycles. The van der Waals surface area contributed by atoms with E-state index in [-0.39, 0.29) is 58.4 Å². The Balaban J connectivity index is -0.0000000433. The summed E-state index contributed by atoms with van der Waals surface area (Å²) in [5.41, 5.74) is -3.72. The zero-order valence-electron chi connectivity index (χ0n) is 19.9. The molecule has 0 rings (SSSR count). The number of hydrogen-bond acceptors (Lipinski definition) is 4. The van der Waals surface area contributed by atoms with E-state index in [1.165, 1.54) is 77.0 Å². The average molecular weight is 621 g/mol. The smallest absolute Gasteiger partial charge is 0.850 e. The molecule has 164 valence electrons. The molecule has 0 heterocycles. The fourth-order valence-electron chi connectivity index (χ4n) is 1.81. The van der Waals surface area contributed by atoms with Crippen LogP contribution in [0.3, 0.4) is 0 Å². The first kappa shape index (κ1) is 49.0. The van der Waals surface area contributed by atoms with Crippen LogP contribution in [0.5, 0.6) is 0 Å². The summed E-state index contributed by atoms with van der Waals surface area (Å²) in [5, 5.41) is 0. The van der Waals surface area contributed by atoms with E-state index in [0.29, 0.717) is 0 Å². The SMILES string of the molecule is [CH2-]CCCCCC.[CH2-]CCCCCC.[CH2-]CCCCCC.[O-]P([O-])(=S)[S-].[Zn+2].[Zn+2].[Zn+2]. The summed E-state index contributed by atoms with van der Waals surface area (Å²) in [6, 6.07) is 0. The second-order valence-corrected chi connectivity index (χ2v) is 10.7. The van der Waals surface area contributed by atoms with Crippen LogP contribution in [-0.2, 0) is 82.5 Å². The Morgan fingerprint density at radius 2 is 0.759 bits per heavy atom. The van der Waals surface area contributed by atoms with Gasteiger partial charge in [-0.2, -0.15) is 31.1 Å². The first-order valence-corrected chi connectivity index (χ1v) is 14.0. The maximum Gasteiger partial charge on any atom is 2.00 e. The van der Waals surface area contributed by atoms with E-state index in [9.17, 15) is 9.79 Å². The molecule has 0 atom stereocenters. The van der Waals surface area contributed by atoms with Crippen molar-refractivity contribution in [3.8, 4) is 0 Å². The van der Waals surface area contributed by atoms with Gasteiger partial charge in [0, 0.05) is 0 Å². The molecule has 8 heteroatoms. The molecular formula is C21H45O2PS2Zn3. The van der Waals surface area contributed by atoms with E-state index in [1.807, 2.05) is 0 Å². The summed E-state index contributed by atoms with van der Waals surface area (Å²) >= 11 is 7.28. The minimum Gasteiger partial charge on any atom is -0.850 e. The van der Waals surface area contributed by atoms with Gasteiger partial charge in [0.1, 0.15) is 0 Å². The third-order valence-electron chi connectivity index (χ3n) is 3.31. The van der Waals surface area contributed by atoms with E-state index in [1.54, 1.807) is 0 Å². The molecule has 0 aliphatic carbocycles. The molecule has 0 radical (unpaired) electrons. The van der Waals surface area contributed by atoms with E-state index < -0.39 is 5.69 Å². The molecule has 0 bridgehead atoms. The molecule has 0 fully saturated rings. The van der Waals surface area contributed by atoms with Crippen molar-refractivity contribution in [3.05, 3.63) is 20.8 Å². The summed E-state index contributed by atoms with van der Waals surface area (Å²) in [6.07, 6.45) is 19.6. The van der Waals surface area contributed by atoms with Crippen molar-refractivity contribution in [1.29, 1.82) is 0 Å². The van der Waals surface area contributed by atoms with Crippen LogP contribution >= 0.6 is 5.69 Å². The molecule has 0 aliphatic heterocycles. The van der Waals surface area contributed by atoms with Gasteiger partial charge >= 0.3 is 58.4 Å². The molecule has 2 nitrogen and oxygen atoms in total. The van der Waals surface area contributed by atoms with Crippen molar-refractivity contribution >= 4 is 29.7 Å². The van der Waals surface area contributed by atoms with Crippen molar-refractivity contribution in [3.63, 3.8) is 0 Å². The number of rotatable bonds is 12. The fraction of sp³-hybridized carbons (Fsp3) is 0.857. The molecule has 0 aromatic rings. The zero-order chi connectivity index (χ0) is 21.1. The first-order chi connectivity index (χ1) is 12.2. The third kappa shape index (κ3) is 117. The van der Waals surface area contributed by atoms with E-state index in [2.05, 4.69) is 65.6 Å². The van der Waals surface area contributed by atoms with Crippen molar-refractivity contribution < 1.29 is 68.2 Å². The van der Waals surface area contributed by atoms with Gasteiger partial charge in [0.25, 0.3) is 0 Å². The van der Waals surface area contributed by atoms with Crippen LogP contribution in [0.2, 0.25) is 0 Å². The van der Waals surface area contributed by atoms with Crippen LogP contribution in [0.15, 0.2) is 0 Å². The molecule has 0 spiro atoms. The molecule has 29 heavy (non-hydrogen) atoms. The second-order valence-electron chi connectivity index (χ2n) is 6.19. The Bertz CT molecular complexity index is 216. The van der Waals surface area contributed by atoms with Gasteiger partial charge in [-0.25, -0.2) is 0 Å². The summed E-state index contributed by atoms with van der Waals surface area (Å²) < 4.78 is 0. The number of hydrogen-bond donors (Lipinski definition) is 0. The Morgan fingerprint density at radius 3 is 0.862 bits per heavy atom. The van der Waals surface area contributed by atoms with E-state index in [0.717, 1.165) is 19.3 Å².